The molecule has 1 aliphatic rings. The zero-order chi connectivity index (χ0) is 18.8. The lowest BCUT2D eigenvalue weighted by Gasteiger charge is -2.27. The average molecular weight is 348 g/mol. The third-order valence-electron chi connectivity index (χ3n) is 5.00. The Kier molecular flexibility index (Phi) is 4.94. The molecule has 1 aliphatic heterocycles. The number of hydrogen-bond acceptors (Lipinski definition) is 2. The maximum absolute atomic E-state index is 11.8. The molecule has 2 heterocycles. The number of amides is 1. The molecule has 4 heteroatoms. The Labute approximate surface area is 153 Å². The highest BCUT2D eigenvalue weighted by atomic mass is 16.1. The molecule has 0 bridgehead atoms. The van der Waals surface area contributed by atoms with E-state index >= 15 is 0 Å². The van der Waals surface area contributed by atoms with Crippen LogP contribution in [0.4, 0.5) is 5.69 Å². The Morgan fingerprint density at radius 2 is 2.04 bits per heavy atom. The van der Waals surface area contributed by atoms with Crippen molar-refractivity contribution >= 4 is 11.6 Å². The molecule has 0 aliphatic carbocycles. The molecule has 1 aromatic heterocycles. The highest BCUT2D eigenvalue weighted by Gasteiger charge is 2.24. The van der Waals surface area contributed by atoms with Gasteiger partial charge in [0, 0.05) is 29.8 Å². The number of hydrogen-bond donors (Lipinski definition) is 2. The molecule has 1 atom stereocenters. The van der Waals surface area contributed by atoms with Crippen molar-refractivity contribution in [3.05, 3.63) is 75.7 Å². The predicted octanol–water partition coefficient (Wildman–Crippen LogP) is 4.47. The summed E-state index contributed by atoms with van der Waals surface area (Å²) < 4.78 is 0. The lowest BCUT2D eigenvalue weighted by molar-refractivity contribution is -0.116. The lowest BCUT2D eigenvalue weighted by atomic mass is 9.81. The number of aromatic nitrogens is 1. The van der Waals surface area contributed by atoms with Gasteiger partial charge in [0.25, 0.3) is 5.56 Å². The van der Waals surface area contributed by atoms with Gasteiger partial charge in [0.15, 0.2) is 0 Å². The number of allylic oxidation sites excluding steroid dienone is 3. The first kappa shape index (κ1) is 17.9. The largest absolute Gasteiger partial charge is 0.328 e. The van der Waals surface area contributed by atoms with Crippen molar-refractivity contribution in [1.29, 1.82) is 0 Å². The number of pyridine rings is 1. The second-order valence-electron chi connectivity index (χ2n) is 6.80. The highest BCUT2D eigenvalue weighted by molar-refractivity contribution is 5.95. The van der Waals surface area contributed by atoms with E-state index in [1.807, 2.05) is 44.2 Å². The maximum atomic E-state index is 11.8. The van der Waals surface area contributed by atoms with Crippen LogP contribution in [-0.4, -0.2) is 10.9 Å². The number of carbonyl (C=O) groups excluding carboxylic acids is 1. The number of benzene rings is 1. The molecule has 0 fully saturated rings. The fourth-order valence-electron chi connectivity index (χ4n) is 3.55. The van der Waals surface area contributed by atoms with E-state index in [0.717, 1.165) is 33.5 Å². The van der Waals surface area contributed by atoms with Gasteiger partial charge in [0.05, 0.1) is 0 Å². The molecule has 0 radical (unpaired) electrons. The van der Waals surface area contributed by atoms with Gasteiger partial charge in [-0.25, -0.2) is 0 Å². The summed E-state index contributed by atoms with van der Waals surface area (Å²) in [6.07, 6.45) is 6.96. The van der Waals surface area contributed by atoms with Crippen LogP contribution in [0, 0.1) is 6.92 Å². The van der Waals surface area contributed by atoms with E-state index in [9.17, 15) is 9.59 Å². The van der Waals surface area contributed by atoms with E-state index in [0.29, 0.717) is 18.4 Å². The Hall–Kier alpha value is -2.88. The normalized spacial score (nSPS) is 14.8. The van der Waals surface area contributed by atoms with Crippen LogP contribution in [0.5, 0.6) is 0 Å². The van der Waals surface area contributed by atoms with Gasteiger partial charge < -0.3 is 10.3 Å². The van der Waals surface area contributed by atoms with Gasteiger partial charge in [-0.2, -0.15) is 0 Å². The van der Waals surface area contributed by atoms with Crippen molar-refractivity contribution in [3.8, 4) is 11.1 Å². The van der Waals surface area contributed by atoms with E-state index in [2.05, 4.69) is 23.8 Å². The molecular formula is C22H24N2O2. The summed E-state index contributed by atoms with van der Waals surface area (Å²) in [6.45, 7) is 10.1. The number of H-pyrrole nitrogens is 1. The minimum Gasteiger partial charge on any atom is -0.328 e. The lowest BCUT2D eigenvalue weighted by Crippen LogP contribution is -2.21. The first-order chi connectivity index (χ1) is 12.4. The molecule has 0 spiro atoms. The van der Waals surface area contributed by atoms with E-state index in [1.54, 1.807) is 6.20 Å². The number of fused-ring (bicyclic) bond motifs is 1. The molecule has 3 rings (SSSR count). The molecule has 2 N–H and O–H groups in total. The molecule has 0 saturated carbocycles. The summed E-state index contributed by atoms with van der Waals surface area (Å²) in [6, 6.07) is 5.89. The fraction of sp³-hybridized carbons (Fsp3) is 0.273. The van der Waals surface area contributed by atoms with Gasteiger partial charge >= 0.3 is 0 Å². The summed E-state index contributed by atoms with van der Waals surface area (Å²) in [7, 11) is 0. The van der Waals surface area contributed by atoms with Crippen molar-refractivity contribution in [1.82, 2.24) is 4.98 Å². The Morgan fingerprint density at radius 3 is 2.73 bits per heavy atom. The van der Waals surface area contributed by atoms with E-state index in [1.165, 1.54) is 0 Å². The average Bonchev–Trinajstić information content (AvgIpc) is 2.62. The number of aryl methyl sites for hydroxylation is 1. The summed E-state index contributed by atoms with van der Waals surface area (Å²) in [5.74, 6) is 0.148. The third-order valence-corrected chi connectivity index (χ3v) is 5.00. The zero-order valence-corrected chi connectivity index (χ0v) is 15.5. The van der Waals surface area contributed by atoms with Crippen LogP contribution in [0.1, 0.15) is 42.9 Å². The van der Waals surface area contributed by atoms with E-state index < -0.39 is 0 Å². The van der Waals surface area contributed by atoms with Crippen LogP contribution < -0.4 is 10.9 Å². The Bertz CT molecular complexity index is 967. The molecule has 134 valence electrons. The van der Waals surface area contributed by atoms with Crippen molar-refractivity contribution in [2.45, 2.75) is 39.5 Å². The summed E-state index contributed by atoms with van der Waals surface area (Å²) in [5.41, 5.74) is 6.85. The smallest absolute Gasteiger partial charge is 0.250 e. The highest BCUT2D eigenvalue weighted by Crippen LogP contribution is 2.40. The van der Waals surface area contributed by atoms with Crippen LogP contribution in [-0.2, 0) is 11.2 Å². The van der Waals surface area contributed by atoms with Crippen molar-refractivity contribution in [3.63, 3.8) is 0 Å². The Balaban J connectivity index is 2.23. The quantitative estimate of drug-likeness (QED) is 0.801. The molecule has 26 heavy (non-hydrogen) atoms. The van der Waals surface area contributed by atoms with Gasteiger partial charge in [-0.15, -0.1) is 0 Å². The van der Waals surface area contributed by atoms with Crippen molar-refractivity contribution < 1.29 is 4.79 Å². The number of carbonyl (C=O) groups is 1. The minimum atomic E-state index is -0.0769. The third kappa shape index (κ3) is 3.27. The number of rotatable bonds is 4. The minimum absolute atomic E-state index is 0.0519. The van der Waals surface area contributed by atoms with Gasteiger partial charge in [-0.1, -0.05) is 31.7 Å². The standard InChI is InChI=1S/C22H24N2O2/c1-5-6-13(2)15(4)21-17(16-11-14(3)22(26)23-12-16)7-9-19-18(21)8-10-20(25)24-19/h5-7,9,11-12,15H,2,8,10H2,1,3-4H3,(H,23,26)(H,24,25)/b6-5-. The zero-order valence-electron chi connectivity index (χ0n) is 15.5. The van der Waals surface area contributed by atoms with Gasteiger partial charge in [-0.05, 0) is 60.2 Å². The topological polar surface area (TPSA) is 62.0 Å². The van der Waals surface area contributed by atoms with Gasteiger partial charge in [-0.3, -0.25) is 9.59 Å². The fourth-order valence-corrected chi connectivity index (χ4v) is 3.55. The molecule has 1 unspecified atom stereocenters. The molecule has 1 amide bonds. The van der Waals surface area contributed by atoms with Crippen LogP contribution in [0.3, 0.4) is 0 Å². The molecular weight excluding hydrogens is 324 g/mol. The first-order valence-corrected chi connectivity index (χ1v) is 8.89. The molecule has 2 aromatic rings. The first-order valence-electron chi connectivity index (χ1n) is 8.89. The van der Waals surface area contributed by atoms with E-state index in [-0.39, 0.29) is 17.4 Å². The van der Waals surface area contributed by atoms with Crippen LogP contribution in [0.2, 0.25) is 0 Å². The summed E-state index contributed by atoms with van der Waals surface area (Å²) in [5, 5.41) is 2.98. The van der Waals surface area contributed by atoms with Gasteiger partial charge in [0.2, 0.25) is 5.91 Å². The van der Waals surface area contributed by atoms with Gasteiger partial charge in [0.1, 0.15) is 0 Å². The predicted molar refractivity (Wildman–Crippen MR) is 107 cm³/mol. The monoisotopic (exact) mass is 348 g/mol. The molecule has 1 aromatic carbocycles. The van der Waals surface area contributed by atoms with Crippen molar-refractivity contribution in [2.75, 3.05) is 5.32 Å². The van der Waals surface area contributed by atoms with Crippen LogP contribution in [0.15, 0.2) is 53.5 Å². The van der Waals surface area contributed by atoms with Crippen molar-refractivity contribution in [2.24, 2.45) is 0 Å². The summed E-state index contributed by atoms with van der Waals surface area (Å²) in [4.78, 5) is 26.4. The Morgan fingerprint density at radius 1 is 1.27 bits per heavy atom. The SMILES string of the molecule is C=C(/C=C\C)C(C)c1c(-c2c[nH]c(=O)c(C)c2)ccc2c1CCC(=O)N2. The molecule has 4 nitrogen and oxygen atoms in total. The maximum Gasteiger partial charge on any atom is 0.250 e. The number of anilines is 1. The van der Waals surface area contributed by atoms with Crippen LogP contribution in [0.25, 0.3) is 11.1 Å². The second-order valence-corrected chi connectivity index (χ2v) is 6.80. The molecule has 0 saturated heterocycles. The van der Waals surface area contributed by atoms with Crippen LogP contribution >= 0.6 is 0 Å². The number of nitrogens with one attached hydrogen (secondary N) is 2. The second kappa shape index (κ2) is 7.16. The number of aromatic amines is 1. The summed E-state index contributed by atoms with van der Waals surface area (Å²) >= 11 is 0. The van der Waals surface area contributed by atoms with E-state index in [4.69, 9.17) is 0 Å².